The molecule has 1 aliphatic rings. The van der Waals surface area contributed by atoms with E-state index in [1.807, 2.05) is 30.3 Å². The van der Waals surface area contributed by atoms with Gasteiger partial charge in [-0.2, -0.15) is 0 Å². The fourth-order valence-electron chi connectivity index (χ4n) is 2.33. The van der Waals surface area contributed by atoms with Crippen LogP contribution in [0.2, 0.25) is 0 Å². The monoisotopic (exact) mass is 278 g/mol. The van der Waals surface area contributed by atoms with E-state index in [0.29, 0.717) is 12.3 Å². The first-order valence-corrected chi connectivity index (χ1v) is 7.07. The molecular weight excluding hydrogens is 256 g/mol. The average molecular weight is 278 g/mol. The van der Waals surface area contributed by atoms with Crippen LogP contribution in [0.1, 0.15) is 19.3 Å². The second-order valence-electron chi connectivity index (χ2n) is 5.16. The van der Waals surface area contributed by atoms with Crippen LogP contribution in [0.25, 0.3) is 0 Å². The molecule has 5 heteroatoms. The van der Waals surface area contributed by atoms with E-state index in [2.05, 4.69) is 0 Å². The molecular formula is C15H22N2O3. The number of likely N-dealkylation sites (tertiary alicyclic amines) is 1. The number of para-hydroxylation sites is 1. The van der Waals surface area contributed by atoms with Gasteiger partial charge < -0.3 is 20.5 Å². The fourth-order valence-corrected chi connectivity index (χ4v) is 2.33. The summed E-state index contributed by atoms with van der Waals surface area (Å²) in [5.74, 6) is 0.645. The summed E-state index contributed by atoms with van der Waals surface area (Å²) in [6.45, 7) is 1.11. The fraction of sp³-hybridized carbons (Fsp3) is 0.533. The van der Waals surface area contributed by atoms with Gasteiger partial charge in [-0.05, 0) is 31.4 Å². The summed E-state index contributed by atoms with van der Waals surface area (Å²) >= 11 is 0. The summed E-state index contributed by atoms with van der Waals surface area (Å²) in [4.78, 5) is 13.7. The first kappa shape index (κ1) is 14.8. The standard InChI is InChI=1S/C15H22N2O3/c16-14-8-4-5-9-17(15(14)19)10-12(18)11-20-13-6-2-1-3-7-13/h1-3,6-7,12,14,18H,4-5,8-11,16H2/t12?,14-/m1/s1. The van der Waals surface area contributed by atoms with Crippen molar-refractivity contribution in [3.8, 4) is 5.75 Å². The quantitative estimate of drug-likeness (QED) is 0.834. The number of aliphatic hydroxyl groups is 1. The highest BCUT2D eigenvalue weighted by molar-refractivity contribution is 5.81. The van der Waals surface area contributed by atoms with E-state index < -0.39 is 12.1 Å². The van der Waals surface area contributed by atoms with Crippen molar-refractivity contribution in [3.63, 3.8) is 0 Å². The maximum Gasteiger partial charge on any atom is 0.239 e. The van der Waals surface area contributed by atoms with Crippen molar-refractivity contribution in [2.45, 2.75) is 31.4 Å². The van der Waals surface area contributed by atoms with Gasteiger partial charge in [0.25, 0.3) is 0 Å². The molecule has 2 rings (SSSR count). The molecule has 1 saturated heterocycles. The molecule has 0 aliphatic carbocycles. The number of benzene rings is 1. The van der Waals surface area contributed by atoms with Crippen LogP contribution < -0.4 is 10.5 Å². The van der Waals surface area contributed by atoms with Crippen LogP contribution in [-0.4, -0.2) is 47.8 Å². The number of nitrogens with two attached hydrogens (primary N) is 1. The van der Waals surface area contributed by atoms with Crippen LogP contribution in [0.5, 0.6) is 5.75 Å². The summed E-state index contributed by atoms with van der Waals surface area (Å²) in [5, 5.41) is 10.00. The van der Waals surface area contributed by atoms with Crippen molar-refractivity contribution in [1.29, 1.82) is 0 Å². The SMILES string of the molecule is N[C@@H]1CCCCN(CC(O)COc2ccccc2)C1=O. The van der Waals surface area contributed by atoms with Gasteiger partial charge in [-0.15, -0.1) is 0 Å². The highest BCUT2D eigenvalue weighted by atomic mass is 16.5. The molecule has 1 unspecified atom stereocenters. The van der Waals surface area contributed by atoms with Crippen molar-refractivity contribution < 1.29 is 14.6 Å². The van der Waals surface area contributed by atoms with Crippen molar-refractivity contribution in [2.75, 3.05) is 19.7 Å². The third-order valence-corrected chi connectivity index (χ3v) is 3.44. The molecule has 0 spiro atoms. The molecule has 0 saturated carbocycles. The van der Waals surface area contributed by atoms with E-state index in [-0.39, 0.29) is 19.1 Å². The van der Waals surface area contributed by atoms with E-state index >= 15 is 0 Å². The van der Waals surface area contributed by atoms with Gasteiger partial charge in [0.15, 0.2) is 0 Å². The highest BCUT2D eigenvalue weighted by Crippen LogP contribution is 2.12. The molecule has 1 fully saturated rings. The van der Waals surface area contributed by atoms with Crippen molar-refractivity contribution in [3.05, 3.63) is 30.3 Å². The lowest BCUT2D eigenvalue weighted by Gasteiger charge is -2.25. The molecule has 1 aliphatic heterocycles. The minimum Gasteiger partial charge on any atom is -0.491 e. The Morgan fingerprint density at radius 1 is 1.35 bits per heavy atom. The Kier molecular flexibility index (Phi) is 5.38. The Morgan fingerprint density at radius 3 is 2.85 bits per heavy atom. The van der Waals surface area contributed by atoms with Crippen LogP contribution in [0, 0.1) is 0 Å². The Bertz CT molecular complexity index is 424. The zero-order chi connectivity index (χ0) is 14.4. The molecule has 1 heterocycles. The maximum absolute atomic E-state index is 12.0. The summed E-state index contributed by atoms with van der Waals surface area (Å²) < 4.78 is 5.48. The molecule has 3 N–H and O–H groups in total. The van der Waals surface area contributed by atoms with Gasteiger partial charge in [-0.3, -0.25) is 4.79 Å². The van der Waals surface area contributed by atoms with Crippen molar-refractivity contribution in [2.24, 2.45) is 5.73 Å². The van der Waals surface area contributed by atoms with Crippen LogP contribution in [0.15, 0.2) is 30.3 Å². The second-order valence-corrected chi connectivity index (χ2v) is 5.16. The molecule has 2 atom stereocenters. The minimum atomic E-state index is -0.704. The lowest BCUT2D eigenvalue weighted by Crippen LogP contribution is -2.46. The van der Waals surface area contributed by atoms with Gasteiger partial charge in [0.2, 0.25) is 5.91 Å². The summed E-state index contributed by atoms with van der Waals surface area (Å²) in [5.41, 5.74) is 5.81. The predicted molar refractivity (Wildman–Crippen MR) is 76.4 cm³/mol. The van der Waals surface area contributed by atoms with Crippen LogP contribution in [-0.2, 0) is 4.79 Å². The van der Waals surface area contributed by atoms with Gasteiger partial charge >= 0.3 is 0 Å². The number of amides is 1. The average Bonchev–Trinajstić information content (AvgIpc) is 2.62. The molecule has 5 nitrogen and oxygen atoms in total. The zero-order valence-corrected chi connectivity index (χ0v) is 11.6. The van der Waals surface area contributed by atoms with E-state index in [4.69, 9.17) is 10.5 Å². The number of nitrogens with zero attached hydrogens (tertiary/aromatic N) is 1. The smallest absolute Gasteiger partial charge is 0.239 e. The number of hydrogen-bond acceptors (Lipinski definition) is 4. The summed E-state index contributed by atoms with van der Waals surface area (Å²) in [7, 11) is 0. The van der Waals surface area contributed by atoms with E-state index in [1.165, 1.54) is 0 Å². The number of β-amino-alcohol motifs (C(OH)–C–C–N with tert-alkyl or cyclic N) is 1. The van der Waals surface area contributed by atoms with E-state index in [0.717, 1.165) is 19.3 Å². The highest BCUT2D eigenvalue weighted by Gasteiger charge is 2.25. The Hall–Kier alpha value is -1.59. The lowest BCUT2D eigenvalue weighted by atomic mass is 10.1. The van der Waals surface area contributed by atoms with Gasteiger partial charge in [0.1, 0.15) is 18.5 Å². The third-order valence-electron chi connectivity index (χ3n) is 3.44. The van der Waals surface area contributed by atoms with E-state index in [9.17, 15) is 9.90 Å². The normalized spacial score (nSPS) is 21.4. The zero-order valence-electron chi connectivity index (χ0n) is 11.6. The van der Waals surface area contributed by atoms with Gasteiger partial charge in [0, 0.05) is 13.1 Å². The van der Waals surface area contributed by atoms with E-state index in [1.54, 1.807) is 4.90 Å². The molecule has 20 heavy (non-hydrogen) atoms. The first-order chi connectivity index (χ1) is 9.66. The van der Waals surface area contributed by atoms with Crippen LogP contribution in [0.4, 0.5) is 0 Å². The molecule has 1 aromatic rings. The second kappa shape index (κ2) is 7.26. The first-order valence-electron chi connectivity index (χ1n) is 7.07. The van der Waals surface area contributed by atoms with Crippen molar-refractivity contribution >= 4 is 5.91 Å². The molecule has 1 aromatic carbocycles. The lowest BCUT2D eigenvalue weighted by molar-refractivity contribution is -0.133. The Labute approximate surface area is 119 Å². The largest absolute Gasteiger partial charge is 0.491 e. The van der Waals surface area contributed by atoms with Crippen LogP contribution in [0.3, 0.4) is 0 Å². The number of carbonyl (C=O) groups excluding carboxylic acids is 1. The topological polar surface area (TPSA) is 75.8 Å². The maximum atomic E-state index is 12.0. The summed E-state index contributed by atoms with van der Waals surface area (Å²) in [6, 6.07) is 8.89. The Morgan fingerprint density at radius 2 is 2.10 bits per heavy atom. The molecule has 0 aromatic heterocycles. The summed E-state index contributed by atoms with van der Waals surface area (Å²) in [6.07, 6.45) is 1.92. The minimum absolute atomic E-state index is 0.0683. The third kappa shape index (κ3) is 4.21. The van der Waals surface area contributed by atoms with Gasteiger partial charge in [-0.1, -0.05) is 18.2 Å². The number of aliphatic hydroxyl groups excluding tert-OH is 1. The van der Waals surface area contributed by atoms with Gasteiger partial charge in [-0.25, -0.2) is 0 Å². The number of ether oxygens (including phenoxy) is 1. The predicted octanol–water partition coefficient (Wildman–Crippen LogP) is 0.766. The Balaban J connectivity index is 1.81. The molecule has 0 radical (unpaired) electrons. The molecule has 110 valence electrons. The number of hydrogen-bond donors (Lipinski definition) is 2. The number of carbonyl (C=O) groups is 1. The molecule has 0 bridgehead atoms. The molecule has 1 amide bonds. The van der Waals surface area contributed by atoms with Crippen molar-refractivity contribution in [1.82, 2.24) is 4.90 Å². The van der Waals surface area contributed by atoms with Gasteiger partial charge in [0.05, 0.1) is 6.04 Å². The van der Waals surface area contributed by atoms with Crippen LogP contribution >= 0.6 is 0 Å². The number of rotatable bonds is 5.